The molecule has 0 amide bonds. The van der Waals surface area contributed by atoms with Crippen LogP contribution in [-0.2, 0) is 6.42 Å². The number of rotatable bonds is 4. The molecule has 0 aliphatic carbocycles. The Bertz CT molecular complexity index is 505. The van der Waals surface area contributed by atoms with Gasteiger partial charge in [0.25, 0.3) is 0 Å². The van der Waals surface area contributed by atoms with Crippen LogP contribution in [0.15, 0.2) is 18.2 Å². The minimum absolute atomic E-state index is 0.858. The molecule has 3 nitrogen and oxygen atoms in total. The Morgan fingerprint density at radius 1 is 1.24 bits per heavy atom. The molecule has 0 unspecified atom stereocenters. The maximum atomic E-state index is 4.58. The molecule has 2 aromatic rings. The van der Waals surface area contributed by atoms with Crippen molar-refractivity contribution in [3.05, 3.63) is 28.9 Å². The van der Waals surface area contributed by atoms with Crippen LogP contribution in [0.25, 0.3) is 10.6 Å². The van der Waals surface area contributed by atoms with Crippen molar-refractivity contribution in [1.82, 2.24) is 9.97 Å². The van der Waals surface area contributed by atoms with Crippen molar-refractivity contribution < 1.29 is 0 Å². The van der Waals surface area contributed by atoms with Gasteiger partial charge in [0, 0.05) is 23.9 Å². The van der Waals surface area contributed by atoms with E-state index in [-0.39, 0.29) is 0 Å². The topological polar surface area (TPSA) is 37.8 Å². The molecular formula is C13H17N3S. The first-order valence-corrected chi connectivity index (χ1v) is 6.73. The maximum absolute atomic E-state index is 4.58. The van der Waals surface area contributed by atoms with Crippen molar-refractivity contribution in [2.75, 3.05) is 11.9 Å². The summed E-state index contributed by atoms with van der Waals surface area (Å²) in [7, 11) is 0. The van der Waals surface area contributed by atoms with Gasteiger partial charge in [-0.1, -0.05) is 6.92 Å². The van der Waals surface area contributed by atoms with Gasteiger partial charge in [-0.05, 0) is 26.0 Å². The number of aryl methyl sites for hydroxylation is 2. The summed E-state index contributed by atoms with van der Waals surface area (Å²) >= 11 is 1.77. The molecule has 0 spiro atoms. The number of thiophene rings is 1. The zero-order valence-corrected chi connectivity index (χ0v) is 11.3. The smallest absolute Gasteiger partial charge is 0.131 e. The van der Waals surface area contributed by atoms with Crippen LogP contribution in [0.3, 0.4) is 0 Å². The van der Waals surface area contributed by atoms with Gasteiger partial charge in [0.2, 0.25) is 0 Å². The second kappa shape index (κ2) is 5.27. The van der Waals surface area contributed by atoms with Crippen LogP contribution in [0.4, 0.5) is 5.82 Å². The van der Waals surface area contributed by atoms with Crippen LogP contribution in [0, 0.1) is 6.92 Å². The molecule has 0 aromatic carbocycles. The van der Waals surface area contributed by atoms with E-state index in [0.717, 1.165) is 30.3 Å². The molecular weight excluding hydrogens is 230 g/mol. The summed E-state index contributed by atoms with van der Waals surface area (Å²) in [5.74, 6) is 1.81. The summed E-state index contributed by atoms with van der Waals surface area (Å²) in [4.78, 5) is 11.5. The maximum Gasteiger partial charge on any atom is 0.131 e. The fourth-order valence-electron chi connectivity index (χ4n) is 1.63. The van der Waals surface area contributed by atoms with Crippen molar-refractivity contribution in [3.63, 3.8) is 0 Å². The second-order valence-electron chi connectivity index (χ2n) is 3.85. The zero-order valence-electron chi connectivity index (χ0n) is 10.4. The van der Waals surface area contributed by atoms with E-state index >= 15 is 0 Å². The summed E-state index contributed by atoms with van der Waals surface area (Å²) in [5.41, 5.74) is 1.02. The summed E-state index contributed by atoms with van der Waals surface area (Å²) < 4.78 is 0. The van der Waals surface area contributed by atoms with Gasteiger partial charge in [0.1, 0.15) is 11.6 Å². The van der Waals surface area contributed by atoms with E-state index in [1.165, 1.54) is 9.75 Å². The number of anilines is 1. The Balaban J connectivity index is 2.42. The van der Waals surface area contributed by atoms with Crippen LogP contribution < -0.4 is 5.32 Å². The molecule has 2 rings (SSSR count). The van der Waals surface area contributed by atoms with Crippen molar-refractivity contribution in [2.45, 2.75) is 27.2 Å². The van der Waals surface area contributed by atoms with Gasteiger partial charge in [-0.3, -0.25) is 0 Å². The Morgan fingerprint density at radius 2 is 2.06 bits per heavy atom. The molecule has 0 atom stereocenters. The average molecular weight is 247 g/mol. The molecule has 0 saturated heterocycles. The molecule has 1 N–H and O–H groups in total. The third-order valence-corrected chi connectivity index (χ3v) is 3.46. The predicted octanol–water partition coefficient (Wildman–Crippen LogP) is 3.51. The van der Waals surface area contributed by atoms with E-state index in [1.807, 2.05) is 6.07 Å². The molecule has 0 radical (unpaired) electrons. The highest BCUT2D eigenvalue weighted by atomic mass is 32.1. The van der Waals surface area contributed by atoms with Crippen molar-refractivity contribution in [1.29, 1.82) is 0 Å². The van der Waals surface area contributed by atoms with Gasteiger partial charge in [0.05, 0.1) is 10.6 Å². The third kappa shape index (κ3) is 2.82. The summed E-state index contributed by atoms with van der Waals surface area (Å²) in [6, 6.07) is 6.27. The number of hydrogen-bond donors (Lipinski definition) is 1. The quantitative estimate of drug-likeness (QED) is 0.898. The predicted molar refractivity (Wildman–Crippen MR) is 73.6 cm³/mol. The van der Waals surface area contributed by atoms with Crippen LogP contribution in [-0.4, -0.2) is 16.5 Å². The van der Waals surface area contributed by atoms with Gasteiger partial charge >= 0.3 is 0 Å². The lowest BCUT2D eigenvalue weighted by atomic mass is 10.3. The lowest BCUT2D eigenvalue weighted by Crippen LogP contribution is -2.03. The Kier molecular flexibility index (Phi) is 3.74. The molecule has 0 aliphatic rings. The van der Waals surface area contributed by atoms with Crippen molar-refractivity contribution >= 4 is 17.2 Å². The summed E-state index contributed by atoms with van der Waals surface area (Å²) in [5, 5.41) is 3.25. The fourth-order valence-corrected chi connectivity index (χ4v) is 2.45. The first-order valence-electron chi connectivity index (χ1n) is 5.91. The zero-order chi connectivity index (χ0) is 12.3. The molecule has 17 heavy (non-hydrogen) atoms. The van der Waals surface area contributed by atoms with E-state index in [0.29, 0.717) is 0 Å². The number of aromatic nitrogens is 2. The highest BCUT2D eigenvalue weighted by Gasteiger charge is 2.07. The molecule has 0 saturated carbocycles. The molecule has 2 aromatic heterocycles. The Labute approximate surface area is 106 Å². The van der Waals surface area contributed by atoms with Gasteiger partial charge in [-0.2, -0.15) is 0 Å². The Morgan fingerprint density at radius 3 is 2.65 bits per heavy atom. The fraction of sp³-hybridized carbons (Fsp3) is 0.385. The molecule has 90 valence electrons. The first kappa shape index (κ1) is 12.0. The average Bonchev–Trinajstić information content (AvgIpc) is 2.76. The van der Waals surface area contributed by atoms with Gasteiger partial charge in [0.15, 0.2) is 0 Å². The molecule has 2 heterocycles. The number of nitrogens with one attached hydrogen (secondary N) is 1. The molecule has 0 bridgehead atoms. The minimum atomic E-state index is 0.858. The van der Waals surface area contributed by atoms with E-state index in [2.05, 4.69) is 48.2 Å². The second-order valence-corrected chi connectivity index (χ2v) is 5.14. The number of hydrogen-bond acceptors (Lipinski definition) is 4. The van der Waals surface area contributed by atoms with Gasteiger partial charge in [-0.25, -0.2) is 9.97 Å². The highest BCUT2D eigenvalue weighted by molar-refractivity contribution is 7.15. The van der Waals surface area contributed by atoms with Crippen LogP contribution in [0.1, 0.15) is 24.5 Å². The molecule has 4 heteroatoms. The lowest BCUT2D eigenvalue weighted by molar-refractivity contribution is 0.940. The summed E-state index contributed by atoms with van der Waals surface area (Å²) in [6.45, 7) is 7.14. The Hall–Kier alpha value is -1.42. The van der Waals surface area contributed by atoms with Crippen LogP contribution in [0.5, 0.6) is 0 Å². The highest BCUT2D eigenvalue weighted by Crippen LogP contribution is 2.27. The SMILES string of the molecule is CCNc1cc(-c2ccc(C)s2)nc(CC)n1. The standard InChI is InChI=1S/C13H17N3S/c1-4-12-15-10(8-13(16-12)14-5-2)11-7-6-9(3)17-11/h6-8H,4-5H2,1-3H3,(H,14,15,16). The largest absolute Gasteiger partial charge is 0.370 e. The van der Waals surface area contributed by atoms with E-state index in [1.54, 1.807) is 11.3 Å². The summed E-state index contributed by atoms with van der Waals surface area (Å²) in [6.07, 6.45) is 0.858. The normalized spacial score (nSPS) is 10.5. The van der Waals surface area contributed by atoms with E-state index in [9.17, 15) is 0 Å². The van der Waals surface area contributed by atoms with Gasteiger partial charge < -0.3 is 5.32 Å². The monoisotopic (exact) mass is 247 g/mol. The third-order valence-electron chi connectivity index (χ3n) is 2.44. The lowest BCUT2D eigenvalue weighted by Gasteiger charge is -2.06. The van der Waals surface area contributed by atoms with Crippen molar-refractivity contribution in [2.24, 2.45) is 0 Å². The van der Waals surface area contributed by atoms with E-state index < -0.39 is 0 Å². The van der Waals surface area contributed by atoms with E-state index in [4.69, 9.17) is 0 Å². The molecule has 0 fully saturated rings. The van der Waals surface area contributed by atoms with Crippen LogP contribution >= 0.6 is 11.3 Å². The minimum Gasteiger partial charge on any atom is -0.370 e. The first-order chi connectivity index (χ1) is 8.22. The van der Waals surface area contributed by atoms with Gasteiger partial charge in [-0.15, -0.1) is 11.3 Å². The molecule has 0 aliphatic heterocycles. The van der Waals surface area contributed by atoms with Crippen molar-refractivity contribution in [3.8, 4) is 10.6 Å². The van der Waals surface area contributed by atoms with Crippen LogP contribution in [0.2, 0.25) is 0 Å². The number of nitrogens with zero attached hydrogens (tertiary/aromatic N) is 2.